The van der Waals surface area contributed by atoms with Crippen LogP contribution in [0.25, 0.3) is 0 Å². The fourth-order valence-electron chi connectivity index (χ4n) is 2.55. The maximum absolute atomic E-state index is 11.5. The molecule has 18 heavy (non-hydrogen) atoms. The van der Waals surface area contributed by atoms with E-state index in [1.54, 1.807) is 0 Å². The van der Waals surface area contributed by atoms with E-state index in [1.165, 1.54) is 4.90 Å². The Hall–Kier alpha value is -1.07. The van der Waals surface area contributed by atoms with Gasteiger partial charge in [0.15, 0.2) is 5.78 Å². The molecule has 1 unspecified atom stereocenters. The molecule has 0 spiro atoms. The lowest BCUT2D eigenvalue weighted by molar-refractivity contribution is -0.113. The number of rotatable bonds is 3. The summed E-state index contributed by atoms with van der Waals surface area (Å²) in [5.41, 5.74) is 0.829. The normalized spacial score (nSPS) is 25.1. The lowest BCUT2D eigenvalue weighted by atomic mass is 10.2. The monoisotopic (exact) mass is 272 g/mol. The van der Waals surface area contributed by atoms with Crippen LogP contribution in [0.5, 0.6) is 0 Å². The Morgan fingerprint density at radius 2 is 2.00 bits per heavy atom. The number of hydrogen-bond donors (Lipinski definition) is 1. The number of alkyl halides is 1. The zero-order valence-corrected chi connectivity index (χ0v) is 10.9. The second kappa shape index (κ2) is 5.71. The van der Waals surface area contributed by atoms with Crippen LogP contribution in [-0.2, 0) is 4.79 Å². The van der Waals surface area contributed by atoms with Gasteiger partial charge >= 0.3 is 6.09 Å². The molecule has 1 aliphatic carbocycles. The molecule has 0 bridgehead atoms. The van der Waals surface area contributed by atoms with Crippen molar-refractivity contribution in [1.29, 1.82) is 0 Å². The Morgan fingerprint density at radius 3 is 2.56 bits per heavy atom. The van der Waals surface area contributed by atoms with Gasteiger partial charge in [0.1, 0.15) is 0 Å². The zero-order valence-electron chi connectivity index (χ0n) is 10.1. The standard InChI is InChI=1S/C12H17ClN2O3/c13-8-11(16)9-1-2-10(7-9)14-3-5-15(6-4-14)12(17)18/h7,10H,1-6,8H2,(H,17,18). The maximum Gasteiger partial charge on any atom is 0.407 e. The molecule has 1 heterocycles. The van der Waals surface area contributed by atoms with Crippen LogP contribution in [0.1, 0.15) is 12.8 Å². The smallest absolute Gasteiger partial charge is 0.407 e. The van der Waals surface area contributed by atoms with E-state index < -0.39 is 6.09 Å². The molecule has 1 amide bonds. The van der Waals surface area contributed by atoms with Gasteiger partial charge in [-0.3, -0.25) is 9.69 Å². The average molecular weight is 273 g/mol. The van der Waals surface area contributed by atoms with Crippen LogP contribution in [0.2, 0.25) is 0 Å². The van der Waals surface area contributed by atoms with Gasteiger partial charge in [-0.1, -0.05) is 6.08 Å². The summed E-state index contributed by atoms with van der Waals surface area (Å²) >= 11 is 5.54. The topological polar surface area (TPSA) is 60.9 Å². The minimum absolute atomic E-state index is 0.0170. The summed E-state index contributed by atoms with van der Waals surface area (Å²) in [6, 6.07) is 0.267. The average Bonchev–Trinajstić information content (AvgIpc) is 2.87. The molecular weight excluding hydrogens is 256 g/mol. The van der Waals surface area contributed by atoms with Gasteiger partial charge < -0.3 is 10.0 Å². The van der Waals surface area contributed by atoms with Gasteiger partial charge in [0.2, 0.25) is 0 Å². The van der Waals surface area contributed by atoms with E-state index in [2.05, 4.69) is 4.90 Å². The summed E-state index contributed by atoms with van der Waals surface area (Å²) in [6.07, 6.45) is 2.87. The van der Waals surface area contributed by atoms with Crippen LogP contribution >= 0.6 is 11.6 Å². The summed E-state index contributed by atoms with van der Waals surface area (Å²) in [5, 5.41) is 8.87. The maximum atomic E-state index is 11.5. The molecule has 1 saturated heterocycles. The first kappa shape index (κ1) is 13.4. The van der Waals surface area contributed by atoms with Gasteiger partial charge in [-0.25, -0.2) is 4.79 Å². The number of ketones is 1. The fraction of sp³-hybridized carbons (Fsp3) is 0.667. The molecule has 0 aromatic heterocycles. The van der Waals surface area contributed by atoms with Crippen molar-refractivity contribution >= 4 is 23.5 Å². The molecule has 6 heteroatoms. The van der Waals surface area contributed by atoms with Crippen molar-refractivity contribution < 1.29 is 14.7 Å². The second-order valence-electron chi connectivity index (χ2n) is 4.66. The van der Waals surface area contributed by atoms with Gasteiger partial charge in [0, 0.05) is 32.2 Å². The number of carbonyl (C=O) groups excluding carboxylic acids is 1. The Labute approximate surface area is 111 Å². The van der Waals surface area contributed by atoms with Crippen LogP contribution in [0.15, 0.2) is 11.6 Å². The van der Waals surface area contributed by atoms with Gasteiger partial charge in [-0.15, -0.1) is 11.6 Å². The van der Waals surface area contributed by atoms with Gasteiger partial charge in [-0.05, 0) is 18.4 Å². The second-order valence-corrected chi connectivity index (χ2v) is 4.93. The Balaban J connectivity index is 1.90. The summed E-state index contributed by atoms with van der Waals surface area (Å²) in [5.74, 6) is 0.0639. The van der Waals surface area contributed by atoms with Crippen molar-refractivity contribution in [2.75, 3.05) is 32.1 Å². The van der Waals surface area contributed by atoms with E-state index in [9.17, 15) is 9.59 Å². The highest BCUT2D eigenvalue weighted by Crippen LogP contribution is 2.24. The predicted molar refractivity (Wildman–Crippen MR) is 68.0 cm³/mol. The minimum Gasteiger partial charge on any atom is -0.465 e. The van der Waals surface area contributed by atoms with Crippen molar-refractivity contribution in [2.24, 2.45) is 0 Å². The highest BCUT2D eigenvalue weighted by Gasteiger charge is 2.28. The van der Waals surface area contributed by atoms with Crippen molar-refractivity contribution in [3.8, 4) is 0 Å². The highest BCUT2D eigenvalue weighted by atomic mass is 35.5. The Kier molecular flexibility index (Phi) is 4.24. The first-order valence-electron chi connectivity index (χ1n) is 6.13. The first-order valence-corrected chi connectivity index (χ1v) is 6.67. The molecule has 1 N–H and O–H groups in total. The number of Topliss-reactive ketones (excluding diaryl/α,β-unsaturated/α-hetero) is 1. The number of halogens is 1. The molecule has 0 aromatic carbocycles. The van der Waals surface area contributed by atoms with Gasteiger partial charge in [0.25, 0.3) is 0 Å². The molecule has 2 rings (SSSR count). The van der Waals surface area contributed by atoms with Crippen molar-refractivity contribution in [3.05, 3.63) is 11.6 Å². The molecule has 0 radical (unpaired) electrons. The summed E-state index contributed by atoms with van der Waals surface area (Å²) in [7, 11) is 0. The summed E-state index contributed by atoms with van der Waals surface area (Å²) < 4.78 is 0. The van der Waals surface area contributed by atoms with E-state index in [0.717, 1.165) is 31.5 Å². The number of nitrogens with zero attached hydrogens (tertiary/aromatic N) is 2. The summed E-state index contributed by atoms with van der Waals surface area (Å²) in [6.45, 7) is 2.54. The molecule has 100 valence electrons. The molecule has 0 saturated carbocycles. The lowest BCUT2D eigenvalue weighted by Crippen LogP contribution is -2.50. The Bertz CT molecular complexity index is 376. The number of piperazine rings is 1. The van der Waals surface area contributed by atoms with Crippen molar-refractivity contribution in [2.45, 2.75) is 18.9 Å². The third-order valence-corrected chi connectivity index (χ3v) is 3.88. The molecule has 1 aliphatic heterocycles. The van der Waals surface area contributed by atoms with Crippen LogP contribution in [0.3, 0.4) is 0 Å². The van der Waals surface area contributed by atoms with E-state index in [0.29, 0.717) is 13.1 Å². The quantitative estimate of drug-likeness (QED) is 0.784. The zero-order chi connectivity index (χ0) is 13.1. The van der Waals surface area contributed by atoms with Gasteiger partial charge in [0.05, 0.1) is 5.88 Å². The van der Waals surface area contributed by atoms with Crippen LogP contribution in [0, 0.1) is 0 Å². The van der Waals surface area contributed by atoms with Crippen LogP contribution in [0.4, 0.5) is 4.79 Å². The van der Waals surface area contributed by atoms with E-state index in [-0.39, 0.29) is 17.7 Å². The number of hydrogen-bond acceptors (Lipinski definition) is 3. The largest absolute Gasteiger partial charge is 0.465 e. The van der Waals surface area contributed by atoms with Gasteiger partial charge in [-0.2, -0.15) is 0 Å². The van der Waals surface area contributed by atoms with Crippen molar-refractivity contribution in [1.82, 2.24) is 9.80 Å². The third kappa shape index (κ3) is 2.84. The predicted octanol–water partition coefficient (Wildman–Crippen LogP) is 1.18. The molecule has 0 aromatic rings. The van der Waals surface area contributed by atoms with Crippen LogP contribution in [-0.4, -0.2) is 64.9 Å². The van der Waals surface area contributed by atoms with Crippen molar-refractivity contribution in [3.63, 3.8) is 0 Å². The molecule has 1 atom stereocenters. The fourth-order valence-corrected chi connectivity index (χ4v) is 2.72. The first-order chi connectivity index (χ1) is 8.61. The molecule has 1 fully saturated rings. The number of amides is 1. The Morgan fingerprint density at radius 1 is 1.33 bits per heavy atom. The minimum atomic E-state index is -0.852. The van der Waals surface area contributed by atoms with E-state index in [4.69, 9.17) is 16.7 Å². The molecular formula is C12H17ClN2O3. The highest BCUT2D eigenvalue weighted by molar-refractivity contribution is 6.30. The number of carboxylic acid groups (broad SMARTS) is 1. The molecule has 2 aliphatic rings. The molecule has 5 nitrogen and oxygen atoms in total. The SMILES string of the molecule is O=C(CCl)C1=CC(N2CCN(C(=O)O)CC2)CC1. The van der Waals surface area contributed by atoms with Crippen LogP contribution < -0.4 is 0 Å². The van der Waals surface area contributed by atoms with E-state index >= 15 is 0 Å². The lowest BCUT2D eigenvalue weighted by Gasteiger charge is -2.36. The third-order valence-electron chi connectivity index (χ3n) is 3.64. The van der Waals surface area contributed by atoms with E-state index in [1.807, 2.05) is 6.08 Å². The summed E-state index contributed by atoms with van der Waals surface area (Å²) in [4.78, 5) is 26.0. The number of carbonyl (C=O) groups is 2. The number of allylic oxidation sites excluding steroid dienone is 1.